The number of aromatic nitrogens is 4. The zero-order valence-corrected chi connectivity index (χ0v) is 30.3. The van der Waals surface area contributed by atoms with Gasteiger partial charge in [0.1, 0.15) is 0 Å². The van der Waals surface area contributed by atoms with Crippen LogP contribution in [0.1, 0.15) is 0 Å². The highest BCUT2D eigenvalue weighted by Gasteiger charge is 2.15. The summed E-state index contributed by atoms with van der Waals surface area (Å²) in [6.07, 6.45) is 3.63. The van der Waals surface area contributed by atoms with E-state index in [-0.39, 0.29) is 0 Å². The standard InChI is InChI=1S/C52H32N4/c1-2-5-44-32-45(23-12-33(44)4-1)35-10-19-42(20-11-35)51-54-50(41-17-8-34(9-18-41)36-28-30-53-31-29-36)55-52(56-51)43-21-13-37(14-22-43)46-26-24-40-16-15-38-6-3-7-39-25-27-47(46)49(40)48(38)39/h1-32H. The molecule has 9 aromatic carbocycles. The summed E-state index contributed by atoms with van der Waals surface area (Å²) >= 11 is 0. The van der Waals surface area contributed by atoms with E-state index in [0.717, 1.165) is 38.9 Å². The lowest BCUT2D eigenvalue weighted by atomic mass is 9.90. The summed E-state index contributed by atoms with van der Waals surface area (Å²) in [5.74, 6) is 1.88. The van der Waals surface area contributed by atoms with Gasteiger partial charge < -0.3 is 0 Å². The van der Waals surface area contributed by atoms with E-state index >= 15 is 0 Å². The van der Waals surface area contributed by atoms with Crippen molar-refractivity contribution in [1.29, 1.82) is 0 Å². The van der Waals surface area contributed by atoms with Crippen LogP contribution in [0, 0.1) is 0 Å². The average molecular weight is 713 g/mol. The first-order chi connectivity index (χ1) is 27.7. The van der Waals surface area contributed by atoms with Crippen LogP contribution in [0.3, 0.4) is 0 Å². The molecule has 0 radical (unpaired) electrons. The fourth-order valence-electron chi connectivity index (χ4n) is 8.09. The van der Waals surface area contributed by atoms with Gasteiger partial charge in [-0.3, -0.25) is 4.98 Å². The van der Waals surface area contributed by atoms with Crippen molar-refractivity contribution in [3.63, 3.8) is 0 Å². The van der Waals surface area contributed by atoms with Crippen molar-refractivity contribution >= 4 is 43.1 Å². The summed E-state index contributed by atoms with van der Waals surface area (Å²) < 4.78 is 0. The van der Waals surface area contributed by atoms with E-state index in [0.29, 0.717) is 17.5 Å². The molecule has 0 saturated heterocycles. The van der Waals surface area contributed by atoms with Crippen molar-refractivity contribution in [3.8, 4) is 67.5 Å². The first-order valence-electron chi connectivity index (χ1n) is 18.9. The fraction of sp³-hybridized carbons (Fsp3) is 0. The van der Waals surface area contributed by atoms with E-state index < -0.39 is 0 Å². The third-order valence-corrected chi connectivity index (χ3v) is 11.0. The second-order valence-corrected chi connectivity index (χ2v) is 14.3. The Kier molecular flexibility index (Phi) is 7.46. The summed E-state index contributed by atoms with van der Waals surface area (Å²) in [6, 6.07) is 64.6. The number of pyridine rings is 1. The van der Waals surface area contributed by atoms with E-state index in [1.807, 2.05) is 24.5 Å². The molecule has 0 spiro atoms. The number of fused-ring (bicyclic) bond motifs is 1. The van der Waals surface area contributed by atoms with Gasteiger partial charge in [-0.2, -0.15) is 0 Å². The summed E-state index contributed by atoms with van der Waals surface area (Å²) in [6.45, 7) is 0. The number of hydrogen-bond donors (Lipinski definition) is 0. The van der Waals surface area contributed by atoms with Crippen LogP contribution < -0.4 is 0 Å². The second kappa shape index (κ2) is 13.1. The smallest absolute Gasteiger partial charge is 0.164 e. The zero-order chi connectivity index (χ0) is 37.0. The van der Waals surface area contributed by atoms with E-state index in [2.05, 4.69) is 175 Å². The van der Waals surface area contributed by atoms with Crippen molar-refractivity contribution in [2.75, 3.05) is 0 Å². The van der Waals surface area contributed by atoms with Gasteiger partial charge in [-0.15, -0.1) is 0 Å². The molecule has 0 bridgehead atoms. The SMILES string of the molecule is c1ccc2cc(-c3ccc(-c4nc(-c5ccc(-c6ccncc6)cc5)nc(-c5ccc(-c6ccc7ccc8cccc9ccc6c7c89)cc5)n4)cc3)ccc2c1. The van der Waals surface area contributed by atoms with Crippen molar-refractivity contribution in [2.24, 2.45) is 0 Å². The van der Waals surface area contributed by atoms with Gasteiger partial charge in [-0.1, -0.05) is 164 Å². The van der Waals surface area contributed by atoms with E-state index in [4.69, 9.17) is 15.0 Å². The van der Waals surface area contributed by atoms with Crippen molar-refractivity contribution in [2.45, 2.75) is 0 Å². The number of hydrogen-bond acceptors (Lipinski definition) is 4. The van der Waals surface area contributed by atoms with Crippen molar-refractivity contribution < 1.29 is 0 Å². The summed E-state index contributed by atoms with van der Waals surface area (Å²) in [4.78, 5) is 19.4. The third kappa shape index (κ3) is 5.55. The lowest BCUT2D eigenvalue weighted by Gasteiger charge is -2.14. The Hall–Kier alpha value is -7.56. The Morgan fingerprint density at radius 3 is 1.32 bits per heavy atom. The number of nitrogens with zero attached hydrogens (tertiary/aromatic N) is 4. The number of rotatable bonds is 6. The molecule has 4 nitrogen and oxygen atoms in total. The molecule has 260 valence electrons. The van der Waals surface area contributed by atoms with Gasteiger partial charge in [0.15, 0.2) is 17.5 Å². The predicted octanol–water partition coefficient (Wildman–Crippen LogP) is 13.3. The Balaban J connectivity index is 0.989. The molecule has 0 unspecified atom stereocenters. The van der Waals surface area contributed by atoms with Crippen LogP contribution in [0.4, 0.5) is 0 Å². The highest BCUT2D eigenvalue weighted by atomic mass is 15.0. The molecule has 2 heterocycles. The summed E-state index contributed by atoms with van der Waals surface area (Å²) in [5, 5.41) is 10.1. The van der Waals surface area contributed by atoms with Crippen LogP contribution in [-0.4, -0.2) is 19.9 Å². The van der Waals surface area contributed by atoms with Crippen LogP contribution in [0.5, 0.6) is 0 Å². The van der Waals surface area contributed by atoms with Gasteiger partial charge in [0.25, 0.3) is 0 Å². The molecule has 0 amide bonds. The molecule has 11 rings (SSSR count). The molecule has 0 fully saturated rings. The Morgan fingerprint density at radius 2 is 0.696 bits per heavy atom. The highest BCUT2D eigenvalue weighted by molar-refractivity contribution is 6.25. The van der Waals surface area contributed by atoms with Gasteiger partial charge in [0.05, 0.1) is 0 Å². The average Bonchev–Trinajstić information content (AvgIpc) is 3.28. The maximum Gasteiger partial charge on any atom is 0.164 e. The van der Waals surface area contributed by atoms with Gasteiger partial charge in [0.2, 0.25) is 0 Å². The Bertz CT molecular complexity index is 3190. The molecule has 4 heteroatoms. The maximum atomic E-state index is 5.09. The van der Waals surface area contributed by atoms with E-state index in [1.165, 1.54) is 54.2 Å². The van der Waals surface area contributed by atoms with Crippen LogP contribution in [0.15, 0.2) is 194 Å². The predicted molar refractivity (Wildman–Crippen MR) is 231 cm³/mol. The van der Waals surface area contributed by atoms with Crippen LogP contribution in [-0.2, 0) is 0 Å². The van der Waals surface area contributed by atoms with Crippen molar-refractivity contribution in [3.05, 3.63) is 194 Å². The van der Waals surface area contributed by atoms with Gasteiger partial charge in [-0.05, 0) is 94.7 Å². The Labute approximate surface area is 323 Å². The molecule has 0 aliphatic carbocycles. The minimum absolute atomic E-state index is 0.626. The van der Waals surface area contributed by atoms with E-state index in [1.54, 1.807) is 0 Å². The molecule has 11 aromatic rings. The molecule has 2 aromatic heterocycles. The molecule has 0 N–H and O–H groups in total. The lowest BCUT2D eigenvalue weighted by molar-refractivity contribution is 1.07. The normalized spacial score (nSPS) is 11.6. The highest BCUT2D eigenvalue weighted by Crippen LogP contribution is 2.40. The van der Waals surface area contributed by atoms with E-state index in [9.17, 15) is 0 Å². The quantitative estimate of drug-likeness (QED) is 0.161. The first kappa shape index (κ1) is 31.9. The summed E-state index contributed by atoms with van der Waals surface area (Å²) in [7, 11) is 0. The van der Waals surface area contributed by atoms with Crippen molar-refractivity contribution in [1.82, 2.24) is 19.9 Å². The largest absolute Gasteiger partial charge is 0.265 e. The molecule has 0 saturated carbocycles. The topological polar surface area (TPSA) is 51.6 Å². The third-order valence-electron chi connectivity index (χ3n) is 11.0. The molecular formula is C52H32N4. The monoisotopic (exact) mass is 712 g/mol. The fourth-order valence-corrected chi connectivity index (χ4v) is 8.09. The second-order valence-electron chi connectivity index (χ2n) is 14.3. The molecule has 0 aliphatic rings. The first-order valence-corrected chi connectivity index (χ1v) is 18.9. The van der Waals surface area contributed by atoms with Crippen LogP contribution >= 0.6 is 0 Å². The maximum absolute atomic E-state index is 5.09. The minimum atomic E-state index is 0.626. The molecule has 0 atom stereocenters. The van der Waals surface area contributed by atoms with Gasteiger partial charge >= 0.3 is 0 Å². The van der Waals surface area contributed by atoms with Gasteiger partial charge in [0, 0.05) is 29.1 Å². The Morgan fingerprint density at radius 1 is 0.268 bits per heavy atom. The number of benzene rings is 9. The van der Waals surface area contributed by atoms with Crippen LogP contribution in [0.25, 0.3) is 111 Å². The zero-order valence-electron chi connectivity index (χ0n) is 30.3. The van der Waals surface area contributed by atoms with Gasteiger partial charge in [-0.25, -0.2) is 15.0 Å². The summed E-state index contributed by atoms with van der Waals surface area (Å²) in [5.41, 5.74) is 9.67. The molecule has 56 heavy (non-hydrogen) atoms. The minimum Gasteiger partial charge on any atom is -0.265 e. The molecule has 0 aliphatic heterocycles. The lowest BCUT2D eigenvalue weighted by Crippen LogP contribution is -2.00. The van der Waals surface area contributed by atoms with Crippen LogP contribution in [0.2, 0.25) is 0 Å². The molecular weight excluding hydrogens is 681 g/mol.